The molecular weight excluding hydrogens is 229 g/mol. The van der Waals surface area contributed by atoms with Gasteiger partial charge in [0.15, 0.2) is 0 Å². The largest absolute Gasteiger partial charge is 1.00 e. The summed E-state index contributed by atoms with van der Waals surface area (Å²) in [5.41, 5.74) is -0.404. The molecule has 2 nitrogen and oxygen atoms in total. The summed E-state index contributed by atoms with van der Waals surface area (Å²) in [6, 6.07) is 1.74. The predicted octanol–water partition coefficient (Wildman–Crippen LogP) is -1.50. The number of halogens is 3. The van der Waals surface area contributed by atoms with Crippen molar-refractivity contribution in [3.8, 4) is 0 Å². The Morgan fingerprint density at radius 3 is 2.31 bits per heavy atom. The Balaban J connectivity index is 0.00000144. The van der Waals surface area contributed by atoms with Crippen LogP contribution in [0.3, 0.4) is 0 Å². The number of carboxylic acid groups (broad SMARTS) is 1. The SMILES string of the molecule is O=C([O-])c1cc(F)c(Cl)cc1Cl.[Na+]. The van der Waals surface area contributed by atoms with E-state index in [4.69, 9.17) is 23.2 Å². The second-order valence-corrected chi connectivity index (χ2v) is 2.85. The van der Waals surface area contributed by atoms with Crippen molar-refractivity contribution in [1.82, 2.24) is 0 Å². The van der Waals surface area contributed by atoms with E-state index >= 15 is 0 Å². The Kier molecular flexibility index (Phi) is 5.25. The van der Waals surface area contributed by atoms with Crippen molar-refractivity contribution in [2.24, 2.45) is 0 Å². The van der Waals surface area contributed by atoms with Gasteiger partial charge in [0.05, 0.1) is 16.0 Å². The maximum atomic E-state index is 12.6. The van der Waals surface area contributed by atoms with E-state index in [2.05, 4.69) is 0 Å². The molecule has 0 atom stereocenters. The first-order valence-corrected chi connectivity index (χ1v) is 3.64. The summed E-state index contributed by atoms with van der Waals surface area (Å²) in [7, 11) is 0. The molecule has 0 bridgehead atoms. The Bertz CT molecular complexity index is 344. The summed E-state index contributed by atoms with van der Waals surface area (Å²) in [4.78, 5) is 10.3. The van der Waals surface area contributed by atoms with Gasteiger partial charge >= 0.3 is 29.6 Å². The second kappa shape index (κ2) is 5.17. The topological polar surface area (TPSA) is 40.1 Å². The Morgan fingerprint density at radius 2 is 1.85 bits per heavy atom. The normalized spacial score (nSPS) is 9.15. The fourth-order valence-corrected chi connectivity index (χ4v) is 1.14. The molecule has 6 heteroatoms. The van der Waals surface area contributed by atoms with Crippen LogP contribution in [0.5, 0.6) is 0 Å². The van der Waals surface area contributed by atoms with E-state index in [-0.39, 0.29) is 39.6 Å². The fraction of sp³-hybridized carbons (Fsp3) is 0. The van der Waals surface area contributed by atoms with Crippen LogP contribution in [0.4, 0.5) is 4.39 Å². The predicted molar refractivity (Wildman–Crippen MR) is 40.8 cm³/mol. The van der Waals surface area contributed by atoms with Crippen molar-refractivity contribution in [2.75, 3.05) is 0 Å². The van der Waals surface area contributed by atoms with E-state index in [0.29, 0.717) is 0 Å². The van der Waals surface area contributed by atoms with E-state index < -0.39 is 17.3 Å². The minimum Gasteiger partial charge on any atom is -0.545 e. The van der Waals surface area contributed by atoms with Crippen LogP contribution in [0.15, 0.2) is 12.1 Å². The standard InChI is InChI=1S/C7H3Cl2FO2.Na/c8-4-2-5(9)6(10)1-3(4)7(11)12;/h1-2H,(H,11,12);/q;+1/p-1. The van der Waals surface area contributed by atoms with E-state index in [1.807, 2.05) is 0 Å². The quantitative estimate of drug-likeness (QED) is 0.436. The minimum absolute atomic E-state index is 0. The van der Waals surface area contributed by atoms with Crippen LogP contribution in [0.1, 0.15) is 10.4 Å². The zero-order valence-corrected chi connectivity index (χ0v) is 10.1. The first kappa shape index (κ1) is 13.2. The maximum absolute atomic E-state index is 12.6. The summed E-state index contributed by atoms with van der Waals surface area (Å²) in [6.07, 6.45) is 0. The van der Waals surface area contributed by atoms with Gasteiger partial charge in [-0.05, 0) is 12.1 Å². The van der Waals surface area contributed by atoms with Crippen molar-refractivity contribution in [2.45, 2.75) is 0 Å². The van der Waals surface area contributed by atoms with Crippen molar-refractivity contribution >= 4 is 29.2 Å². The molecule has 0 unspecified atom stereocenters. The molecule has 1 aromatic carbocycles. The number of carbonyl (C=O) groups excluding carboxylic acids is 1. The zero-order chi connectivity index (χ0) is 9.30. The summed E-state index contributed by atoms with van der Waals surface area (Å²) >= 11 is 10.7. The maximum Gasteiger partial charge on any atom is 1.00 e. The number of carboxylic acids is 1. The summed E-state index contributed by atoms with van der Waals surface area (Å²) < 4.78 is 12.6. The van der Waals surface area contributed by atoms with Crippen molar-refractivity contribution < 1.29 is 43.8 Å². The molecule has 0 amide bonds. The molecule has 0 aliphatic rings. The summed E-state index contributed by atoms with van der Waals surface area (Å²) in [6.45, 7) is 0. The molecule has 0 saturated heterocycles. The smallest absolute Gasteiger partial charge is 0.545 e. The number of hydrogen-bond donors (Lipinski definition) is 0. The fourth-order valence-electron chi connectivity index (χ4n) is 0.679. The third-order valence-electron chi connectivity index (χ3n) is 1.23. The van der Waals surface area contributed by atoms with Gasteiger partial charge in [0, 0.05) is 5.56 Å². The Hall–Kier alpha value is 0.200. The van der Waals surface area contributed by atoms with Crippen molar-refractivity contribution in [3.05, 3.63) is 33.6 Å². The van der Waals surface area contributed by atoms with Crippen LogP contribution in [0.25, 0.3) is 0 Å². The molecule has 0 saturated carbocycles. The van der Waals surface area contributed by atoms with E-state index in [0.717, 1.165) is 12.1 Å². The van der Waals surface area contributed by atoms with Crippen LogP contribution in [0.2, 0.25) is 10.0 Å². The van der Waals surface area contributed by atoms with Gasteiger partial charge in [0.1, 0.15) is 5.82 Å². The number of benzene rings is 1. The first-order valence-electron chi connectivity index (χ1n) is 2.88. The summed E-state index contributed by atoms with van der Waals surface area (Å²) in [5.74, 6) is -2.36. The molecule has 0 aromatic heterocycles. The van der Waals surface area contributed by atoms with E-state index in [1.54, 1.807) is 0 Å². The minimum atomic E-state index is -1.53. The van der Waals surface area contributed by atoms with Crippen molar-refractivity contribution in [3.63, 3.8) is 0 Å². The molecule has 0 aliphatic carbocycles. The molecule has 0 N–H and O–H groups in total. The number of rotatable bonds is 1. The van der Waals surface area contributed by atoms with Gasteiger partial charge in [-0.25, -0.2) is 4.39 Å². The van der Waals surface area contributed by atoms with Crippen LogP contribution in [-0.4, -0.2) is 5.97 Å². The molecule has 0 heterocycles. The second-order valence-electron chi connectivity index (χ2n) is 2.03. The van der Waals surface area contributed by atoms with Gasteiger partial charge in [-0.3, -0.25) is 0 Å². The number of carbonyl (C=O) groups is 1. The Labute approximate surface area is 106 Å². The van der Waals surface area contributed by atoms with Gasteiger partial charge < -0.3 is 9.90 Å². The molecule has 0 fully saturated rings. The molecule has 1 rings (SSSR count). The third-order valence-corrected chi connectivity index (χ3v) is 1.83. The zero-order valence-electron chi connectivity index (χ0n) is 6.61. The van der Waals surface area contributed by atoms with Crippen LogP contribution in [0, 0.1) is 5.82 Å². The average molecular weight is 231 g/mol. The van der Waals surface area contributed by atoms with Gasteiger partial charge in [0.25, 0.3) is 0 Å². The molecule has 0 spiro atoms. The van der Waals surface area contributed by atoms with Gasteiger partial charge in [-0.1, -0.05) is 23.2 Å². The Morgan fingerprint density at radius 1 is 1.31 bits per heavy atom. The number of hydrogen-bond acceptors (Lipinski definition) is 2. The van der Waals surface area contributed by atoms with Crippen LogP contribution < -0.4 is 34.7 Å². The van der Waals surface area contributed by atoms with Crippen LogP contribution in [-0.2, 0) is 0 Å². The molecule has 13 heavy (non-hydrogen) atoms. The molecule has 64 valence electrons. The molecule has 0 radical (unpaired) electrons. The average Bonchev–Trinajstić information content (AvgIpc) is 1.96. The van der Waals surface area contributed by atoms with Gasteiger partial charge in [-0.15, -0.1) is 0 Å². The third kappa shape index (κ3) is 3.11. The van der Waals surface area contributed by atoms with Crippen LogP contribution >= 0.6 is 23.2 Å². The van der Waals surface area contributed by atoms with Gasteiger partial charge in [-0.2, -0.15) is 0 Å². The van der Waals surface area contributed by atoms with Crippen molar-refractivity contribution in [1.29, 1.82) is 0 Å². The van der Waals surface area contributed by atoms with Gasteiger partial charge in [0.2, 0.25) is 0 Å². The molecule has 1 aromatic rings. The monoisotopic (exact) mass is 230 g/mol. The van der Waals surface area contributed by atoms with E-state index in [1.165, 1.54) is 0 Å². The molecule has 0 aliphatic heterocycles. The first-order chi connectivity index (χ1) is 5.52. The number of aromatic carboxylic acids is 1. The molecular formula is C7H2Cl2FNaO2. The van der Waals surface area contributed by atoms with E-state index in [9.17, 15) is 14.3 Å². The summed E-state index contributed by atoms with van der Waals surface area (Å²) in [5, 5.41) is 9.92.